The molecule has 84 valence electrons. The van der Waals surface area contributed by atoms with Crippen molar-refractivity contribution in [3.63, 3.8) is 0 Å². The summed E-state index contributed by atoms with van der Waals surface area (Å²) in [6.45, 7) is 5.81. The lowest BCUT2D eigenvalue weighted by molar-refractivity contribution is 0.0561. The molecule has 4 heteroatoms. The number of hydrogen-bond acceptors (Lipinski definition) is 3. The van der Waals surface area contributed by atoms with Gasteiger partial charge in [0.2, 0.25) is 0 Å². The number of halogens is 1. The third-order valence-corrected chi connectivity index (χ3v) is 2.97. The van der Waals surface area contributed by atoms with Crippen LogP contribution in [-0.4, -0.2) is 28.8 Å². The number of alkyl halides is 1. The predicted octanol–water partition coefficient (Wildman–Crippen LogP) is 2.31. The molecule has 0 spiro atoms. The summed E-state index contributed by atoms with van der Waals surface area (Å²) in [6, 6.07) is 0. The Morgan fingerprint density at radius 3 is 3.07 bits per heavy atom. The van der Waals surface area contributed by atoms with Crippen LogP contribution in [0.25, 0.3) is 0 Å². The fourth-order valence-electron chi connectivity index (χ4n) is 2.14. The molecule has 1 aromatic heterocycles. The van der Waals surface area contributed by atoms with Crippen molar-refractivity contribution in [2.75, 3.05) is 13.1 Å². The van der Waals surface area contributed by atoms with Crippen LogP contribution in [0.4, 0.5) is 4.39 Å². The molecular formula is C11H17FN2O. The summed E-state index contributed by atoms with van der Waals surface area (Å²) in [6.07, 6.45) is 3.25. The Kier molecular flexibility index (Phi) is 2.78. The largest absolute Gasteiger partial charge is 0.364 e. The molecule has 0 N–H and O–H groups in total. The summed E-state index contributed by atoms with van der Waals surface area (Å²) < 4.78 is 18.6. The van der Waals surface area contributed by atoms with E-state index in [1.165, 1.54) is 0 Å². The number of rotatable bonds is 2. The SMILES string of the molecule is Cc1nocc1CN1CCC[C@@](C)(F)C1. The normalized spacial score (nSPS) is 28.2. The summed E-state index contributed by atoms with van der Waals surface area (Å²) in [5, 5.41) is 3.82. The molecule has 1 fully saturated rings. The lowest BCUT2D eigenvalue weighted by Gasteiger charge is -2.34. The Bertz CT molecular complexity index is 335. The summed E-state index contributed by atoms with van der Waals surface area (Å²) in [5.41, 5.74) is 0.928. The zero-order valence-electron chi connectivity index (χ0n) is 9.29. The van der Waals surface area contributed by atoms with Crippen molar-refractivity contribution in [2.45, 2.75) is 38.9 Å². The van der Waals surface area contributed by atoms with E-state index in [-0.39, 0.29) is 0 Å². The maximum Gasteiger partial charge on any atom is 0.128 e. The zero-order valence-corrected chi connectivity index (χ0v) is 9.29. The Morgan fingerprint density at radius 2 is 2.47 bits per heavy atom. The minimum Gasteiger partial charge on any atom is -0.364 e. The van der Waals surface area contributed by atoms with Crippen molar-refractivity contribution in [2.24, 2.45) is 0 Å². The monoisotopic (exact) mass is 212 g/mol. The van der Waals surface area contributed by atoms with Gasteiger partial charge in [-0.15, -0.1) is 0 Å². The van der Waals surface area contributed by atoms with Crippen LogP contribution in [0.3, 0.4) is 0 Å². The van der Waals surface area contributed by atoms with Crippen molar-refractivity contribution in [1.29, 1.82) is 0 Å². The van der Waals surface area contributed by atoms with Gasteiger partial charge >= 0.3 is 0 Å². The van der Waals surface area contributed by atoms with Crippen molar-refractivity contribution >= 4 is 0 Å². The van der Waals surface area contributed by atoms with E-state index in [1.807, 2.05) is 6.92 Å². The third-order valence-electron chi connectivity index (χ3n) is 2.97. The summed E-state index contributed by atoms with van der Waals surface area (Å²) >= 11 is 0. The van der Waals surface area contributed by atoms with Crippen LogP contribution in [0.1, 0.15) is 31.0 Å². The molecule has 1 atom stereocenters. The molecule has 1 saturated heterocycles. The lowest BCUT2D eigenvalue weighted by atomic mass is 9.96. The van der Waals surface area contributed by atoms with E-state index in [4.69, 9.17) is 4.52 Å². The van der Waals surface area contributed by atoms with E-state index >= 15 is 0 Å². The minimum atomic E-state index is -1.04. The summed E-state index contributed by atoms with van der Waals surface area (Å²) in [4.78, 5) is 2.13. The fourth-order valence-corrected chi connectivity index (χ4v) is 2.14. The standard InChI is InChI=1S/C11H17FN2O/c1-9-10(7-15-13-9)6-14-5-3-4-11(2,12)8-14/h7H,3-6,8H2,1-2H3/t11-/m1/s1. The third kappa shape index (κ3) is 2.56. The molecule has 2 heterocycles. The first-order valence-corrected chi connectivity index (χ1v) is 5.38. The van der Waals surface area contributed by atoms with Gasteiger partial charge in [0, 0.05) is 18.7 Å². The van der Waals surface area contributed by atoms with Gasteiger partial charge < -0.3 is 4.52 Å². The van der Waals surface area contributed by atoms with Gasteiger partial charge in [-0.05, 0) is 33.2 Å². The molecule has 15 heavy (non-hydrogen) atoms. The van der Waals surface area contributed by atoms with E-state index in [1.54, 1.807) is 13.2 Å². The molecule has 2 rings (SSSR count). The topological polar surface area (TPSA) is 29.3 Å². The average Bonchev–Trinajstić information content (AvgIpc) is 2.50. The molecule has 1 aromatic rings. The number of hydrogen-bond donors (Lipinski definition) is 0. The highest BCUT2D eigenvalue weighted by Gasteiger charge is 2.30. The highest BCUT2D eigenvalue weighted by atomic mass is 19.1. The van der Waals surface area contributed by atoms with E-state index in [9.17, 15) is 4.39 Å². The number of piperidine rings is 1. The van der Waals surface area contributed by atoms with E-state index in [2.05, 4.69) is 10.1 Å². The Labute approximate surface area is 89.2 Å². The fraction of sp³-hybridized carbons (Fsp3) is 0.727. The van der Waals surface area contributed by atoms with Gasteiger partial charge in [-0.2, -0.15) is 0 Å². The van der Waals surface area contributed by atoms with Crippen molar-refractivity contribution in [3.8, 4) is 0 Å². The van der Waals surface area contributed by atoms with Crippen LogP contribution in [0, 0.1) is 6.92 Å². The van der Waals surface area contributed by atoms with Gasteiger partial charge in [0.25, 0.3) is 0 Å². The molecule has 0 amide bonds. The van der Waals surface area contributed by atoms with E-state index in [0.717, 1.165) is 30.8 Å². The molecule has 0 unspecified atom stereocenters. The van der Waals surface area contributed by atoms with Crippen LogP contribution >= 0.6 is 0 Å². The van der Waals surface area contributed by atoms with Crippen molar-refractivity contribution < 1.29 is 8.91 Å². The summed E-state index contributed by atoms with van der Waals surface area (Å²) in [5.74, 6) is 0. The van der Waals surface area contributed by atoms with E-state index < -0.39 is 5.67 Å². The minimum absolute atomic E-state index is 0.512. The number of aromatic nitrogens is 1. The zero-order chi connectivity index (χ0) is 10.9. The van der Waals surface area contributed by atoms with Crippen LogP contribution in [0.2, 0.25) is 0 Å². The quantitative estimate of drug-likeness (QED) is 0.753. The van der Waals surface area contributed by atoms with Crippen LogP contribution in [0.5, 0.6) is 0 Å². The van der Waals surface area contributed by atoms with Crippen LogP contribution < -0.4 is 0 Å². The first-order valence-electron chi connectivity index (χ1n) is 5.38. The molecule has 1 aliphatic rings. The predicted molar refractivity (Wildman–Crippen MR) is 55.3 cm³/mol. The van der Waals surface area contributed by atoms with Gasteiger partial charge in [-0.3, -0.25) is 4.90 Å². The van der Waals surface area contributed by atoms with Crippen molar-refractivity contribution in [1.82, 2.24) is 10.1 Å². The first kappa shape index (κ1) is 10.6. The highest BCUT2D eigenvalue weighted by Crippen LogP contribution is 2.25. The van der Waals surface area contributed by atoms with Gasteiger partial charge in [0.05, 0.1) is 5.69 Å². The highest BCUT2D eigenvalue weighted by molar-refractivity contribution is 5.12. The smallest absolute Gasteiger partial charge is 0.128 e. The first-order chi connectivity index (χ1) is 7.07. The molecule has 0 aliphatic carbocycles. The lowest BCUT2D eigenvalue weighted by Crippen LogP contribution is -2.42. The van der Waals surface area contributed by atoms with Gasteiger partial charge in [0.15, 0.2) is 0 Å². The second-order valence-electron chi connectivity index (χ2n) is 4.65. The molecule has 1 aliphatic heterocycles. The maximum absolute atomic E-state index is 13.8. The number of nitrogens with zero attached hydrogens (tertiary/aromatic N) is 2. The molecular weight excluding hydrogens is 195 g/mol. The van der Waals surface area contributed by atoms with Gasteiger partial charge in [0.1, 0.15) is 11.9 Å². The maximum atomic E-state index is 13.8. The Morgan fingerprint density at radius 1 is 1.67 bits per heavy atom. The summed E-state index contributed by atoms with van der Waals surface area (Å²) in [7, 11) is 0. The van der Waals surface area contributed by atoms with Crippen LogP contribution in [-0.2, 0) is 6.54 Å². The molecule has 3 nitrogen and oxygen atoms in total. The second-order valence-corrected chi connectivity index (χ2v) is 4.65. The number of likely N-dealkylation sites (tertiary alicyclic amines) is 1. The number of aryl methyl sites for hydroxylation is 1. The van der Waals surface area contributed by atoms with Crippen LogP contribution in [0.15, 0.2) is 10.8 Å². The van der Waals surface area contributed by atoms with E-state index in [0.29, 0.717) is 13.0 Å². The molecule has 0 radical (unpaired) electrons. The molecule has 0 bridgehead atoms. The Hall–Kier alpha value is -0.900. The Balaban J connectivity index is 1.98. The van der Waals surface area contributed by atoms with Gasteiger partial charge in [-0.1, -0.05) is 5.16 Å². The van der Waals surface area contributed by atoms with Gasteiger partial charge in [-0.25, -0.2) is 4.39 Å². The average molecular weight is 212 g/mol. The molecule has 0 saturated carbocycles. The second kappa shape index (κ2) is 3.93. The molecule has 0 aromatic carbocycles. The van der Waals surface area contributed by atoms with Crippen molar-refractivity contribution in [3.05, 3.63) is 17.5 Å².